The highest BCUT2D eigenvalue weighted by atomic mass is 35.5. The van der Waals surface area contributed by atoms with Gasteiger partial charge in [-0.3, -0.25) is 4.90 Å². The minimum atomic E-state index is -1.00. The quantitative estimate of drug-likeness (QED) is 0.239. The maximum absolute atomic E-state index is 15.4. The predicted molar refractivity (Wildman–Crippen MR) is 151 cm³/mol. The van der Waals surface area contributed by atoms with E-state index in [1.807, 2.05) is 10.6 Å². The second-order valence-electron chi connectivity index (χ2n) is 10.4. The van der Waals surface area contributed by atoms with Crippen LogP contribution < -0.4 is 4.74 Å². The normalized spacial score (nSPS) is 17.2. The Labute approximate surface area is 244 Å². The van der Waals surface area contributed by atoms with Gasteiger partial charge in [-0.05, 0) is 60.9 Å². The fourth-order valence-corrected chi connectivity index (χ4v) is 5.42. The van der Waals surface area contributed by atoms with E-state index >= 15 is 4.39 Å². The topological polar surface area (TPSA) is 76.8 Å². The van der Waals surface area contributed by atoms with Crippen molar-refractivity contribution in [2.24, 2.45) is 0 Å². The third-order valence-electron chi connectivity index (χ3n) is 7.69. The molecule has 2 aliphatic rings. The Morgan fingerprint density at radius 2 is 1.95 bits per heavy atom. The zero-order valence-corrected chi connectivity index (χ0v) is 23.2. The van der Waals surface area contributed by atoms with Crippen molar-refractivity contribution in [3.8, 4) is 5.75 Å². The Hall–Kier alpha value is -3.86. The lowest BCUT2D eigenvalue weighted by Gasteiger charge is -2.29. The van der Waals surface area contributed by atoms with Crippen molar-refractivity contribution in [3.63, 3.8) is 0 Å². The summed E-state index contributed by atoms with van der Waals surface area (Å²) in [7, 11) is 0. The molecule has 6 rings (SSSR count). The monoisotopic (exact) mass is 597 g/mol. The smallest absolute Gasteiger partial charge is 0.335 e. The molecule has 7 nitrogen and oxygen atoms in total. The van der Waals surface area contributed by atoms with Crippen molar-refractivity contribution in [2.75, 3.05) is 19.7 Å². The second kappa shape index (κ2) is 11.8. The van der Waals surface area contributed by atoms with Crippen LogP contribution in [0.4, 0.5) is 13.2 Å². The number of carboxylic acids is 1. The zero-order valence-electron chi connectivity index (χ0n) is 22.5. The van der Waals surface area contributed by atoms with Crippen LogP contribution >= 0.6 is 11.6 Å². The molecule has 0 radical (unpaired) electrons. The molecule has 4 aromatic rings. The Kier molecular flexibility index (Phi) is 7.94. The Morgan fingerprint density at radius 1 is 1.12 bits per heavy atom. The van der Waals surface area contributed by atoms with E-state index in [-0.39, 0.29) is 34.4 Å². The van der Waals surface area contributed by atoms with Crippen LogP contribution in [-0.2, 0) is 24.4 Å². The summed E-state index contributed by atoms with van der Waals surface area (Å²) in [5.74, 6) is -3.09. The SMILES string of the molecule is O=C(O)c1ccc2nc(CN3CC=C(c4ccc(F)c(OCc5ccc(Cl)cc5F)c4F)CC3)n(C[C@@H]3CCO3)c2c1. The third-order valence-corrected chi connectivity index (χ3v) is 7.93. The molecule has 0 aliphatic carbocycles. The first-order valence-corrected chi connectivity index (χ1v) is 13.9. The molecule has 0 amide bonds. The molecular weight excluding hydrogens is 571 g/mol. The number of imidazole rings is 1. The summed E-state index contributed by atoms with van der Waals surface area (Å²) < 4.78 is 57.2. The molecule has 1 aromatic heterocycles. The highest BCUT2D eigenvalue weighted by Crippen LogP contribution is 2.33. The van der Waals surface area contributed by atoms with Gasteiger partial charge < -0.3 is 19.1 Å². The maximum atomic E-state index is 15.4. The second-order valence-corrected chi connectivity index (χ2v) is 10.8. The summed E-state index contributed by atoms with van der Waals surface area (Å²) in [6.45, 7) is 2.53. The molecule has 42 heavy (non-hydrogen) atoms. The fourth-order valence-electron chi connectivity index (χ4n) is 5.26. The number of halogens is 4. The summed E-state index contributed by atoms with van der Waals surface area (Å²) in [4.78, 5) is 18.5. The molecule has 2 aliphatic heterocycles. The number of nitrogens with zero attached hydrogens (tertiary/aromatic N) is 3. The third kappa shape index (κ3) is 5.74. The largest absolute Gasteiger partial charge is 0.483 e. The number of hydrogen-bond acceptors (Lipinski definition) is 5. The van der Waals surface area contributed by atoms with E-state index in [9.17, 15) is 18.7 Å². The van der Waals surface area contributed by atoms with Gasteiger partial charge in [0.05, 0.1) is 35.8 Å². The Bertz CT molecular complexity index is 1700. The van der Waals surface area contributed by atoms with E-state index in [1.54, 1.807) is 18.2 Å². The Morgan fingerprint density at radius 3 is 2.64 bits per heavy atom. The van der Waals surface area contributed by atoms with Crippen molar-refractivity contribution in [2.45, 2.75) is 38.6 Å². The van der Waals surface area contributed by atoms with Crippen LogP contribution in [0.1, 0.15) is 40.2 Å². The number of rotatable bonds is 9. The highest BCUT2D eigenvalue weighted by Gasteiger charge is 2.25. The standard InChI is InChI=1S/C31H27ClF3N3O4/c32-21-3-1-20(25(34)14-21)17-42-30-24(33)5-4-23(29(30)35)18-7-10-37(11-8-18)16-28-36-26-6-2-19(31(39)40)13-27(26)38(28)15-22-9-12-41-22/h1-7,13-14,22H,8-12,15-17H2,(H,39,40)/t22-/m0/s1. The van der Waals surface area contributed by atoms with Gasteiger partial charge in [0, 0.05) is 35.8 Å². The van der Waals surface area contributed by atoms with E-state index in [1.165, 1.54) is 18.2 Å². The first kappa shape index (κ1) is 28.3. The number of fused-ring (bicyclic) bond motifs is 1. The molecule has 0 saturated carbocycles. The van der Waals surface area contributed by atoms with Gasteiger partial charge in [-0.15, -0.1) is 0 Å². The van der Waals surface area contributed by atoms with Crippen LogP contribution in [0.3, 0.4) is 0 Å². The van der Waals surface area contributed by atoms with Gasteiger partial charge in [-0.2, -0.15) is 0 Å². The van der Waals surface area contributed by atoms with E-state index in [0.29, 0.717) is 50.3 Å². The molecule has 1 saturated heterocycles. The van der Waals surface area contributed by atoms with Crippen molar-refractivity contribution in [1.82, 2.24) is 14.5 Å². The van der Waals surface area contributed by atoms with Gasteiger partial charge >= 0.3 is 5.97 Å². The van der Waals surface area contributed by atoms with E-state index in [2.05, 4.69) is 4.90 Å². The molecular formula is C31H27ClF3N3O4. The number of benzene rings is 3. The first-order valence-electron chi connectivity index (χ1n) is 13.6. The van der Waals surface area contributed by atoms with Crippen molar-refractivity contribution in [3.05, 3.63) is 99.6 Å². The summed E-state index contributed by atoms with van der Waals surface area (Å²) in [5.41, 5.74) is 2.73. The highest BCUT2D eigenvalue weighted by molar-refractivity contribution is 6.30. The molecule has 0 bridgehead atoms. The molecule has 11 heteroatoms. The Balaban J connectivity index is 1.19. The summed E-state index contributed by atoms with van der Waals surface area (Å²) in [6, 6.07) is 11.4. The molecule has 0 unspecified atom stereocenters. The average molecular weight is 598 g/mol. The van der Waals surface area contributed by atoms with Crippen molar-refractivity contribution >= 4 is 34.2 Å². The number of aromatic nitrogens is 2. The van der Waals surface area contributed by atoms with E-state index in [0.717, 1.165) is 29.9 Å². The molecule has 3 aromatic carbocycles. The molecule has 1 atom stereocenters. The van der Waals surface area contributed by atoms with Gasteiger partial charge in [-0.1, -0.05) is 23.7 Å². The van der Waals surface area contributed by atoms with Crippen molar-refractivity contribution < 1.29 is 32.5 Å². The van der Waals surface area contributed by atoms with Crippen molar-refractivity contribution in [1.29, 1.82) is 0 Å². The molecule has 0 spiro atoms. The summed E-state index contributed by atoms with van der Waals surface area (Å²) in [6.07, 6.45) is 3.38. The van der Waals surface area contributed by atoms with Crippen LogP contribution in [0, 0.1) is 17.5 Å². The number of aromatic carboxylic acids is 1. The number of carbonyl (C=O) groups is 1. The van der Waals surface area contributed by atoms with Crippen LogP contribution in [0.5, 0.6) is 5.75 Å². The average Bonchev–Trinajstić information content (AvgIpc) is 3.28. The molecule has 1 fully saturated rings. The summed E-state index contributed by atoms with van der Waals surface area (Å²) in [5, 5.41) is 9.68. The molecule has 218 valence electrons. The maximum Gasteiger partial charge on any atom is 0.335 e. The zero-order chi connectivity index (χ0) is 29.4. The van der Waals surface area contributed by atoms with Crippen LogP contribution in [0.25, 0.3) is 16.6 Å². The van der Waals surface area contributed by atoms with Gasteiger partial charge in [0.15, 0.2) is 17.4 Å². The lowest BCUT2D eigenvalue weighted by molar-refractivity contribution is -0.0591. The minimum Gasteiger partial charge on any atom is -0.483 e. The summed E-state index contributed by atoms with van der Waals surface area (Å²) >= 11 is 5.78. The number of carboxylic acid groups (broad SMARTS) is 1. The van der Waals surface area contributed by atoms with E-state index in [4.69, 9.17) is 26.1 Å². The number of hydrogen-bond donors (Lipinski definition) is 1. The predicted octanol–water partition coefficient (Wildman–Crippen LogP) is 6.46. The lowest BCUT2D eigenvalue weighted by atomic mass is 9.98. The van der Waals surface area contributed by atoms with Gasteiger partial charge in [0.1, 0.15) is 18.2 Å². The minimum absolute atomic E-state index is 0.0524. The van der Waals surface area contributed by atoms with Gasteiger partial charge in [-0.25, -0.2) is 22.9 Å². The van der Waals surface area contributed by atoms with Gasteiger partial charge in [0.25, 0.3) is 0 Å². The lowest BCUT2D eigenvalue weighted by Crippen LogP contribution is -2.33. The van der Waals surface area contributed by atoms with Gasteiger partial charge in [0.2, 0.25) is 0 Å². The molecule has 3 heterocycles. The van der Waals surface area contributed by atoms with E-state index < -0.39 is 29.2 Å². The fraction of sp³-hybridized carbons (Fsp3) is 0.290. The number of ether oxygens (including phenoxy) is 2. The first-order chi connectivity index (χ1) is 20.3. The van der Waals surface area contributed by atoms with Crippen LogP contribution in [-0.4, -0.2) is 51.3 Å². The molecule has 1 N–H and O–H groups in total. The van der Waals surface area contributed by atoms with Crippen LogP contribution in [0.2, 0.25) is 5.02 Å². The van der Waals surface area contributed by atoms with Crippen LogP contribution in [0.15, 0.2) is 54.6 Å².